The molecule has 0 unspecified atom stereocenters. The Bertz CT molecular complexity index is 713. The molecular formula is C21H30O8. The lowest BCUT2D eigenvalue weighted by atomic mass is 9.62. The molecule has 3 aliphatic rings. The summed E-state index contributed by atoms with van der Waals surface area (Å²) >= 11 is 0. The molecule has 2 heterocycles. The van der Waals surface area contributed by atoms with Crippen LogP contribution in [0.1, 0.15) is 26.7 Å². The minimum absolute atomic E-state index is 0.0303. The Balaban J connectivity index is 1.70. The van der Waals surface area contributed by atoms with Crippen molar-refractivity contribution in [1.29, 1.82) is 0 Å². The molecule has 0 aromatic carbocycles. The summed E-state index contributed by atoms with van der Waals surface area (Å²) in [4.78, 5) is 11.9. The van der Waals surface area contributed by atoms with Gasteiger partial charge in [-0.2, -0.15) is 0 Å². The van der Waals surface area contributed by atoms with E-state index in [1.54, 1.807) is 6.92 Å². The Kier molecular flexibility index (Phi) is 6.33. The van der Waals surface area contributed by atoms with Gasteiger partial charge in [0.1, 0.15) is 30.5 Å². The Labute approximate surface area is 170 Å². The molecule has 0 amide bonds. The molecule has 1 saturated carbocycles. The summed E-state index contributed by atoms with van der Waals surface area (Å²) in [6.07, 6.45) is -3.88. The number of allylic oxidation sites excluding steroid dienone is 1. The lowest BCUT2D eigenvalue weighted by Gasteiger charge is -2.44. The van der Waals surface area contributed by atoms with Crippen molar-refractivity contribution in [3.05, 3.63) is 36.0 Å². The van der Waals surface area contributed by atoms with E-state index in [1.807, 2.05) is 13.0 Å². The minimum atomic E-state index is -1.50. The van der Waals surface area contributed by atoms with Gasteiger partial charge in [0.25, 0.3) is 0 Å². The van der Waals surface area contributed by atoms with Gasteiger partial charge >= 0.3 is 5.97 Å². The van der Waals surface area contributed by atoms with Gasteiger partial charge in [-0.25, -0.2) is 4.79 Å². The largest absolute Gasteiger partial charge is 0.454 e. The molecule has 8 atom stereocenters. The molecule has 0 radical (unpaired) electrons. The van der Waals surface area contributed by atoms with Crippen LogP contribution in [0.4, 0.5) is 0 Å². The Morgan fingerprint density at radius 2 is 2.00 bits per heavy atom. The fraction of sp³-hybridized carbons (Fsp3) is 0.667. The maximum atomic E-state index is 11.9. The zero-order chi connectivity index (χ0) is 21.5. The van der Waals surface area contributed by atoms with E-state index in [2.05, 4.69) is 13.2 Å². The first-order valence-corrected chi connectivity index (χ1v) is 9.77. The van der Waals surface area contributed by atoms with Gasteiger partial charge in [-0.05, 0) is 42.2 Å². The van der Waals surface area contributed by atoms with Gasteiger partial charge in [0.05, 0.1) is 13.2 Å². The number of aliphatic hydroxyl groups excluding tert-OH is 4. The summed E-state index contributed by atoms with van der Waals surface area (Å²) in [6.45, 7) is 11.4. The van der Waals surface area contributed by atoms with Crippen LogP contribution in [-0.2, 0) is 19.0 Å². The molecule has 8 nitrogen and oxygen atoms in total. The molecule has 8 heteroatoms. The smallest absolute Gasteiger partial charge is 0.334 e. The van der Waals surface area contributed by atoms with Crippen molar-refractivity contribution in [2.45, 2.75) is 63.5 Å². The second-order valence-electron chi connectivity index (χ2n) is 8.38. The molecule has 29 heavy (non-hydrogen) atoms. The van der Waals surface area contributed by atoms with Crippen LogP contribution < -0.4 is 0 Å². The molecule has 162 valence electrons. The third-order valence-corrected chi connectivity index (χ3v) is 6.51. The van der Waals surface area contributed by atoms with E-state index in [1.165, 1.54) is 0 Å². The number of rotatable bonds is 6. The van der Waals surface area contributed by atoms with E-state index in [4.69, 9.17) is 14.2 Å². The fourth-order valence-corrected chi connectivity index (χ4v) is 4.44. The van der Waals surface area contributed by atoms with Crippen LogP contribution >= 0.6 is 0 Å². The van der Waals surface area contributed by atoms with Gasteiger partial charge in [-0.3, -0.25) is 0 Å². The molecule has 4 N–H and O–H groups in total. The van der Waals surface area contributed by atoms with Crippen molar-refractivity contribution in [2.24, 2.45) is 11.3 Å². The average Bonchev–Trinajstić information content (AvgIpc) is 2.97. The first kappa shape index (κ1) is 22.1. The van der Waals surface area contributed by atoms with Crippen LogP contribution in [0, 0.1) is 11.3 Å². The normalized spacial score (nSPS) is 42.4. The first-order valence-electron chi connectivity index (χ1n) is 9.77. The van der Waals surface area contributed by atoms with Crippen molar-refractivity contribution >= 4 is 5.97 Å². The summed E-state index contributed by atoms with van der Waals surface area (Å²) in [5, 5.41) is 39.2. The van der Waals surface area contributed by atoms with Gasteiger partial charge in [0.15, 0.2) is 6.29 Å². The topological polar surface area (TPSA) is 126 Å². The molecule has 1 saturated heterocycles. The van der Waals surface area contributed by atoms with Gasteiger partial charge in [-0.1, -0.05) is 19.6 Å². The molecular weight excluding hydrogens is 380 g/mol. The van der Waals surface area contributed by atoms with E-state index in [0.29, 0.717) is 18.4 Å². The maximum Gasteiger partial charge on any atom is 0.334 e. The summed E-state index contributed by atoms with van der Waals surface area (Å²) in [5.41, 5.74) is 1.96. The predicted octanol–water partition coefficient (Wildman–Crippen LogP) is 0.203. The van der Waals surface area contributed by atoms with E-state index < -0.39 is 37.3 Å². The van der Waals surface area contributed by atoms with Crippen molar-refractivity contribution < 1.29 is 39.4 Å². The minimum Gasteiger partial charge on any atom is -0.454 e. The summed E-state index contributed by atoms with van der Waals surface area (Å²) in [7, 11) is 0. The van der Waals surface area contributed by atoms with Crippen molar-refractivity contribution in [2.75, 3.05) is 13.2 Å². The Hall–Kier alpha value is -1.55. The third-order valence-electron chi connectivity index (χ3n) is 6.51. The van der Waals surface area contributed by atoms with Crippen molar-refractivity contribution in [3.63, 3.8) is 0 Å². The molecule has 1 aliphatic carbocycles. The van der Waals surface area contributed by atoms with Crippen molar-refractivity contribution in [1.82, 2.24) is 0 Å². The highest BCUT2D eigenvalue weighted by atomic mass is 16.7. The highest BCUT2D eigenvalue weighted by Crippen LogP contribution is 2.50. The first-order chi connectivity index (χ1) is 13.6. The maximum absolute atomic E-state index is 11.9. The second-order valence-corrected chi connectivity index (χ2v) is 8.38. The number of fused-ring (bicyclic) bond motifs is 1. The second kappa shape index (κ2) is 8.29. The molecule has 0 spiro atoms. The number of hydrogen-bond donors (Lipinski definition) is 4. The van der Waals surface area contributed by atoms with Crippen LogP contribution in [0.15, 0.2) is 36.0 Å². The van der Waals surface area contributed by atoms with Crippen LogP contribution in [0.5, 0.6) is 0 Å². The zero-order valence-electron chi connectivity index (χ0n) is 16.8. The lowest BCUT2D eigenvalue weighted by Crippen LogP contribution is -2.59. The van der Waals surface area contributed by atoms with E-state index in [9.17, 15) is 25.2 Å². The highest BCUT2D eigenvalue weighted by molar-refractivity contribution is 5.91. The number of carbonyl (C=O) groups excluding carboxylic acids is 1. The van der Waals surface area contributed by atoms with Crippen molar-refractivity contribution in [3.8, 4) is 0 Å². The number of carbonyl (C=O) groups is 1. The van der Waals surface area contributed by atoms with Gasteiger partial charge in [-0.15, -0.1) is 6.58 Å². The number of aliphatic hydroxyl groups is 4. The van der Waals surface area contributed by atoms with Crippen LogP contribution in [0.25, 0.3) is 0 Å². The summed E-state index contributed by atoms with van der Waals surface area (Å²) in [5.74, 6) is -0.360. The van der Waals surface area contributed by atoms with E-state index in [0.717, 1.165) is 11.1 Å². The summed E-state index contributed by atoms with van der Waals surface area (Å²) < 4.78 is 16.5. The monoisotopic (exact) mass is 410 g/mol. The summed E-state index contributed by atoms with van der Waals surface area (Å²) in [6, 6.07) is 0. The van der Waals surface area contributed by atoms with E-state index >= 15 is 0 Å². The van der Waals surface area contributed by atoms with E-state index in [-0.39, 0.29) is 30.0 Å². The standard InChI is InChI=1S/C21H30O8/c1-5-21(4)7-14-12(11(3)19(26)28-14)6-13(21)10(2)9-27-20-18(25)17(24)16(23)15(8-22)29-20/h5,13-18,20,22-25H,1-2,6-9H2,3-4H3/t13-,14-,15-,16+,17-,18-,20+,21+/m0/s1. The number of esters is 1. The lowest BCUT2D eigenvalue weighted by molar-refractivity contribution is -0.299. The fourth-order valence-electron chi connectivity index (χ4n) is 4.44. The van der Waals surface area contributed by atoms with Gasteiger partial charge < -0.3 is 34.6 Å². The van der Waals surface area contributed by atoms with Gasteiger partial charge in [0, 0.05) is 5.57 Å². The predicted molar refractivity (Wildman–Crippen MR) is 102 cm³/mol. The van der Waals surface area contributed by atoms with Crippen LogP contribution in [0.2, 0.25) is 0 Å². The quantitative estimate of drug-likeness (QED) is 0.362. The third kappa shape index (κ3) is 3.93. The number of ether oxygens (including phenoxy) is 3. The SMILES string of the molecule is C=C[C@]1(C)C[C@@H]2OC(=O)C(C)=C2C[C@H]1C(=C)CO[C@@H]1O[C@@H](CO)[C@@H](O)[C@H](O)[C@@H]1O. The molecule has 0 aromatic heterocycles. The number of hydrogen-bond acceptors (Lipinski definition) is 8. The highest BCUT2D eigenvalue weighted by Gasteiger charge is 2.48. The molecule has 2 aliphatic heterocycles. The zero-order valence-corrected chi connectivity index (χ0v) is 16.8. The Morgan fingerprint density at radius 3 is 2.62 bits per heavy atom. The van der Waals surface area contributed by atoms with Crippen LogP contribution in [-0.4, -0.2) is 76.4 Å². The molecule has 0 aromatic rings. The molecule has 3 rings (SSSR count). The average molecular weight is 410 g/mol. The molecule has 0 bridgehead atoms. The molecule has 2 fully saturated rings. The van der Waals surface area contributed by atoms with Gasteiger partial charge in [0.2, 0.25) is 0 Å². The van der Waals surface area contributed by atoms with Crippen LogP contribution in [0.3, 0.4) is 0 Å². The Morgan fingerprint density at radius 1 is 1.31 bits per heavy atom.